The van der Waals surface area contributed by atoms with Gasteiger partial charge in [0.25, 0.3) is 0 Å². The largest absolute Gasteiger partial charge is 0.345 e. The fourth-order valence-electron chi connectivity index (χ4n) is 2.49. The van der Waals surface area contributed by atoms with Gasteiger partial charge in [-0.1, -0.05) is 30.5 Å². The maximum Gasteiger partial charge on any atom is 0.243 e. The van der Waals surface area contributed by atoms with Crippen molar-refractivity contribution in [2.24, 2.45) is 5.73 Å². The summed E-state index contributed by atoms with van der Waals surface area (Å²) in [5.74, 6) is -0.583. The summed E-state index contributed by atoms with van der Waals surface area (Å²) in [5.41, 5.74) is 6.74. The van der Waals surface area contributed by atoms with Gasteiger partial charge in [-0.05, 0) is 37.5 Å². The van der Waals surface area contributed by atoms with Crippen LogP contribution in [0.4, 0.5) is 5.69 Å². The SMILES string of the molecule is Cc1ccc(NC(=O)CNC(=O)C2(N)CCCC2)c(Cl)c1. The molecule has 0 aromatic heterocycles. The van der Waals surface area contributed by atoms with Crippen LogP contribution in [0.3, 0.4) is 0 Å². The van der Waals surface area contributed by atoms with Crippen LogP contribution < -0.4 is 16.4 Å². The maximum absolute atomic E-state index is 12.0. The molecule has 1 fully saturated rings. The molecule has 0 unspecified atom stereocenters. The smallest absolute Gasteiger partial charge is 0.243 e. The molecular weight excluding hydrogens is 290 g/mol. The monoisotopic (exact) mass is 309 g/mol. The lowest BCUT2D eigenvalue weighted by molar-refractivity contribution is -0.128. The normalized spacial score (nSPS) is 16.5. The zero-order valence-corrected chi connectivity index (χ0v) is 12.8. The van der Waals surface area contributed by atoms with E-state index in [9.17, 15) is 9.59 Å². The van der Waals surface area contributed by atoms with E-state index >= 15 is 0 Å². The Labute approximate surface area is 129 Å². The van der Waals surface area contributed by atoms with Crippen molar-refractivity contribution < 1.29 is 9.59 Å². The van der Waals surface area contributed by atoms with Gasteiger partial charge in [-0.15, -0.1) is 0 Å². The summed E-state index contributed by atoms with van der Waals surface area (Å²) < 4.78 is 0. The lowest BCUT2D eigenvalue weighted by Crippen LogP contribution is -2.53. The van der Waals surface area contributed by atoms with Crippen molar-refractivity contribution in [3.8, 4) is 0 Å². The fraction of sp³-hybridized carbons (Fsp3) is 0.467. The van der Waals surface area contributed by atoms with E-state index in [1.54, 1.807) is 12.1 Å². The van der Waals surface area contributed by atoms with Gasteiger partial charge < -0.3 is 16.4 Å². The van der Waals surface area contributed by atoms with Gasteiger partial charge in [0.2, 0.25) is 11.8 Å². The van der Waals surface area contributed by atoms with Crippen molar-refractivity contribution in [3.05, 3.63) is 28.8 Å². The third-order valence-corrected chi connectivity index (χ3v) is 4.07. The van der Waals surface area contributed by atoms with E-state index in [1.807, 2.05) is 13.0 Å². The molecule has 2 amide bonds. The highest BCUT2D eigenvalue weighted by Crippen LogP contribution is 2.27. The average molecular weight is 310 g/mol. The molecule has 1 aromatic carbocycles. The molecule has 1 aromatic rings. The summed E-state index contributed by atoms with van der Waals surface area (Å²) in [6.45, 7) is 1.81. The summed E-state index contributed by atoms with van der Waals surface area (Å²) in [7, 11) is 0. The first-order valence-corrected chi connectivity index (χ1v) is 7.42. The van der Waals surface area contributed by atoms with Crippen molar-refractivity contribution in [3.63, 3.8) is 0 Å². The van der Waals surface area contributed by atoms with Crippen LogP contribution in [0.5, 0.6) is 0 Å². The molecule has 4 N–H and O–H groups in total. The molecule has 0 aliphatic heterocycles. The van der Waals surface area contributed by atoms with Crippen molar-refractivity contribution in [2.45, 2.75) is 38.1 Å². The number of amides is 2. The van der Waals surface area contributed by atoms with E-state index in [-0.39, 0.29) is 18.4 Å². The molecule has 0 radical (unpaired) electrons. The van der Waals surface area contributed by atoms with Crippen LogP contribution in [-0.2, 0) is 9.59 Å². The highest BCUT2D eigenvalue weighted by atomic mass is 35.5. The second kappa shape index (κ2) is 6.45. The number of benzene rings is 1. The second-order valence-corrected chi connectivity index (χ2v) is 5.98. The lowest BCUT2D eigenvalue weighted by Gasteiger charge is -2.22. The Balaban J connectivity index is 1.86. The summed E-state index contributed by atoms with van der Waals surface area (Å²) in [5, 5.41) is 5.74. The second-order valence-electron chi connectivity index (χ2n) is 5.58. The quantitative estimate of drug-likeness (QED) is 0.795. The molecule has 0 spiro atoms. The molecule has 2 rings (SSSR count). The third kappa shape index (κ3) is 3.95. The van der Waals surface area contributed by atoms with Gasteiger partial charge in [0.15, 0.2) is 0 Å². The summed E-state index contributed by atoms with van der Waals surface area (Å²) in [6, 6.07) is 5.36. The topological polar surface area (TPSA) is 84.2 Å². The number of carbonyl (C=O) groups excluding carboxylic acids is 2. The Morgan fingerprint density at radius 2 is 2.00 bits per heavy atom. The zero-order valence-electron chi connectivity index (χ0n) is 12.0. The molecule has 1 saturated carbocycles. The van der Waals surface area contributed by atoms with Gasteiger partial charge in [-0.3, -0.25) is 9.59 Å². The van der Waals surface area contributed by atoms with E-state index < -0.39 is 5.54 Å². The Hall–Kier alpha value is -1.59. The Kier molecular flexibility index (Phi) is 4.85. The van der Waals surface area contributed by atoms with Crippen molar-refractivity contribution in [1.82, 2.24) is 5.32 Å². The molecule has 6 heteroatoms. The van der Waals surface area contributed by atoms with Crippen molar-refractivity contribution in [2.75, 3.05) is 11.9 Å². The van der Waals surface area contributed by atoms with Crippen LogP contribution in [0, 0.1) is 6.92 Å². The Bertz CT molecular complexity index is 554. The predicted octanol–water partition coefficient (Wildman–Crippen LogP) is 1.97. The summed E-state index contributed by atoms with van der Waals surface area (Å²) in [6.07, 6.45) is 3.25. The van der Waals surface area contributed by atoms with Crippen LogP contribution in [0.25, 0.3) is 0 Å². The number of nitrogens with two attached hydrogens (primary N) is 1. The van der Waals surface area contributed by atoms with Crippen LogP contribution in [0.15, 0.2) is 18.2 Å². The van der Waals surface area contributed by atoms with Gasteiger partial charge in [-0.25, -0.2) is 0 Å². The van der Waals surface area contributed by atoms with E-state index in [1.165, 1.54) is 0 Å². The summed E-state index contributed by atoms with van der Waals surface area (Å²) >= 11 is 6.04. The van der Waals surface area contributed by atoms with Gasteiger partial charge in [0, 0.05) is 0 Å². The molecule has 0 heterocycles. The average Bonchev–Trinajstić information content (AvgIpc) is 2.87. The van der Waals surface area contributed by atoms with Gasteiger partial charge in [-0.2, -0.15) is 0 Å². The van der Waals surface area contributed by atoms with Crippen molar-refractivity contribution in [1.29, 1.82) is 0 Å². The number of anilines is 1. The highest BCUT2D eigenvalue weighted by Gasteiger charge is 2.36. The fourth-order valence-corrected chi connectivity index (χ4v) is 2.77. The van der Waals surface area contributed by atoms with Crippen molar-refractivity contribution >= 4 is 29.1 Å². The number of hydrogen-bond donors (Lipinski definition) is 3. The molecule has 114 valence electrons. The number of rotatable bonds is 4. The number of nitrogens with one attached hydrogen (secondary N) is 2. The van der Waals surface area contributed by atoms with Gasteiger partial charge >= 0.3 is 0 Å². The molecule has 1 aliphatic rings. The first-order valence-electron chi connectivity index (χ1n) is 7.04. The van der Waals surface area contributed by atoms with Crippen LogP contribution in [0.1, 0.15) is 31.2 Å². The molecule has 0 bridgehead atoms. The van der Waals surface area contributed by atoms with Crippen LogP contribution in [-0.4, -0.2) is 23.9 Å². The lowest BCUT2D eigenvalue weighted by atomic mass is 9.98. The minimum Gasteiger partial charge on any atom is -0.345 e. The number of halogens is 1. The van der Waals surface area contributed by atoms with Crippen LogP contribution in [0.2, 0.25) is 5.02 Å². The minimum absolute atomic E-state index is 0.109. The molecule has 1 aliphatic carbocycles. The van der Waals surface area contributed by atoms with Crippen LogP contribution >= 0.6 is 11.6 Å². The molecular formula is C15H20ClN3O2. The first kappa shape index (κ1) is 15.8. The number of hydrogen-bond acceptors (Lipinski definition) is 3. The van der Waals surface area contributed by atoms with E-state index in [4.69, 9.17) is 17.3 Å². The molecule has 0 saturated heterocycles. The number of aryl methyl sites for hydroxylation is 1. The number of carbonyl (C=O) groups is 2. The Morgan fingerprint density at radius 1 is 1.33 bits per heavy atom. The minimum atomic E-state index is -0.818. The standard InChI is InChI=1S/C15H20ClN3O2/c1-10-4-5-12(11(16)8-10)19-13(20)9-18-14(21)15(17)6-2-3-7-15/h4-5,8H,2-3,6-7,9,17H2,1H3,(H,18,21)(H,19,20). The predicted molar refractivity (Wildman–Crippen MR) is 83.2 cm³/mol. The molecule has 21 heavy (non-hydrogen) atoms. The first-order chi connectivity index (χ1) is 9.90. The zero-order chi connectivity index (χ0) is 15.5. The van der Waals surface area contributed by atoms with E-state index in [0.717, 1.165) is 18.4 Å². The van der Waals surface area contributed by atoms with Gasteiger partial charge in [0.05, 0.1) is 22.8 Å². The molecule has 0 atom stereocenters. The van der Waals surface area contributed by atoms with E-state index in [2.05, 4.69) is 10.6 Å². The maximum atomic E-state index is 12.0. The third-order valence-electron chi connectivity index (χ3n) is 3.76. The Morgan fingerprint density at radius 3 is 2.62 bits per heavy atom. The summed E-state index contributed by atoms with van der Waals surface area (Å²) in [4.78, 5) is 23.8. The van der Waals surface area contributed by atoms with E-state index in [0.29, 0.717) is 23.6 Å². The van der Waals surface area contributed by atoms with Gasteiger partial charge in [0.1, 0.15) is 0 Å². The highest BCUT2D eigenvalue weighted by molar-refractivity contribution is 6.33. The molecule has 5 nitrogen and oxygen atoms in total.